The molecule has 1 aliphatic carbocycles. The Kier molecular flexibility index (Phi) is 4.12. The molecule has 1 aliphatic rings. The van der Waals surface area contributed by atoms with Gasteiger partial charge in [-0.15, -0.1) is 0 Å². The van der Waals surface area contributed by atoms with Gasteiger partial charge in [-0.3, -0.25) is 9.59 Å². The van der Waals surface area contributed by atoms with Crippen LogP contribution in [-0.4, -0.2) is 22.0 Å². The first kappa shape index (κ1) is 16.8. The standard InChI is InChI=1S/C22H16O5/c23-16-10-4-8-14-18(22(26)27-12-13-6-2-1-3-7-13)15-9-5-11-17(24)20(15)21(25)19(14)16/h1-11,18,23-24H,12H2. The summed E-state index contributed by atoms with van der Waals surface area (Å²) in [4.78, 5) is 25.8. The second kappa shape index (κ2) is 6.61. The zero-order valence-corrected chi connectivity index (χ0v) is 14.3. The van der Waals surface area contributed by atoms with E-state index in [1.807, 2.05) is 30.3 Å². The van der Waals surface area contributed by atoms with Crippen LogP contribution in [-0.2, 0) is 16.1 Å². The summed E-state index contributed by atoms with van der Waals surface area (Å²) in [5.74, 6) is -2.43. The number of phenols is 2. The van der Waals surface area contributed by atoms with E-state index in [2.05, 4.69) is 0 Å². The predicted octanol–water partition coefficient (Wildman–Crippen LogP) is 3.52. The van der Waals surface area contributed by atoms with Crippen LogP contribution in [0.1, 0.15) is 38.5 Å². The van der Waals surface area contributed by atoms with Crippen LogP contribution in [0.5, 0.6) is 11.5 Å². The highest BCUT2D eigenvalue weighted by Crippen LogP contribution is 2.43. The molecule has 0 heterocycles. The fourth-order valence-electron chi connectivity index (χ4n) is 3.45. The van der Waals surface area contributed by atoms with Crippen LogP contribution >= 0.6 is 0 Å². The molecule has 5 heteroatoms. The molecular formula is C22H16O5. The van der Waals surface area contributed by atoms with Crippen LogP contribution in [0.4, 0.5) is 0 Å². The number of rotatable bonds is 3. The van der Waals surface area contributed by atoms with E-state index in [4.69, 9.17) is 4.74 Å². The highest BCUT2D eigenvalue weighted by atomic mass is 16.5. The van der Waals surface area contributed by atoms with Crippen LogP contribution in [0.25, 0.3) is 0 Å². The van der Waals surface area contributed by atoms with Crippen molar-refractivity contribution >= 4 is 11.8 Å². The van der Waals surface area contributed by atoms with Crippen LogP contribution in [0, 0.1) is 0 Å². The minimum atomic E-state index is -0.907. The van der Waals surface area contributed by atoms with Crippen molar-refractivity contribution in [1.82, 2.24) is 0 Å². The van der Waals surface area contributed by atoms with Crippen molar-refractivity contribution in [3.63, 3.8) is 0 Å². The fourth-order valence-corrected chi connectivity index (χ4v) is 3.45. The maximum absolute atomic E-state index is 12.9. The van der Waals surface area contributed by atoms with Gasteiger partial charge in [0.15, 0.2) is 0 Å². The van der Waals surface area contributed by atoms with Crippen molar-refractivity contribution in [1.29, 1.82) is 0 Å². The van der Waals surface area contributed by atoms with Crippen molar-refractivity contribution < 1.29 is 24.5 Å². The minimum absolute atomic E-state index is 0.0214. The molecule has 3 aromatic rings. The summed E-state index contributed by atoms with van der Waals surface area (Å²) >= 11 is 0. The molecule has 2 N–H and O–H groups in total. The molecule has 0 saturated carbocycles. The number of carbonyl (C=O) groups excluding carboxylic acids is 2. The molecule has 0 radical (unpaired) electrons. The summed E-state index contributed by atoms with van der Waals surface area (Å²) in [6.45, 7) is 0.0897. The summed E-state index contributed by atoms with van der Waals surface area (Å²) in [7, 11) is 0. The molecule has 0 spiro atoms. The third-order valence-corrected chi connectivity index (χ3v) is 4.69. The van der Waals surface area contributed by atoms with Gasteiger partial charge in [-0.2, -0.15) is 0 Å². The van der Waals surface area contributed by atoms with E-state index in [9.17, 15) is 19.8 Å². The first-order chi connectivity index (χ1) is 13.1. The Morgan fingerprint density at radius 3 is 1.93 bits per heavy atom. The van der Waals surface area contributed by atoms with E-state index >= 15 is 0 Å². The number of hydrogen-bond donors (Lipinski definition) is 2. The molecule has 0 bridgehead atoms. The number of fused-ring (bicyclic) bond motifs is 2. The van der Waals surface area contributed by atoms with Gasteiger partial charge in [0.25, 0.3) is 0 Å². The van der Waals surface area contributed by atoms with Crippen LogP contribution in [0.15, 0.2) is 66.7 Å². The van der Waals surface area contributed by atoms with Crippen molar-refractivity contribution in [3.8, 4) is 11.5 Å². The number of ketones is 1. The quantitative estimate of drug-likeness (QED) is 0.698. The number of phenolic OH excluding ortho intramolecular Hbond substituents is 2. The Hall–Kier alpha value is -3.60. The van der Waals surface area contributed by atoms with Crippen LogP contribution < -0.4 is 0 Å². The van der Waals surface area contributed by atoms with Crippen LogP contribution in [0.2, 0.25) is 0 Å². The zero-order valence-electron chi connectivity index (χ0n) is 14.3. The largest absolute Gasteiger partial charge is 0.507 e. The minimum Gasteiger partial charge on any atom is -0.507 e. The lowest BCUT2D eigenvalue weighted by Gasteiger charge is -2.27. The van der Waals surface area contributed by atoms with E-state index in [1.165, 1.54) is 12.1 Å². The summed E-state index contributed by atoms with van der Waals surface area (Å²) in [6, 6.07) is 18.4. The SMILES string of the molecule is O=C1c2c(O)cccc2C(C(=O)OCc2ccccc2)c2cccc(O)c21. The molecule has 0 fully saturated rings. The Morgan fingerprint density at radius 1 is 0.815 bits per heavy atom. The molecule has 0 aliphatic heterocycles. The van der Waals surface area contributed by atoms with Gasteiger partial charge >= 0.3 is 5.97 Å². The molecule has 134 valence electrons. The van der Waals surface area contributed by atoms with E-state index in [-0.39, 0.29) is 29.2 Å². The number of esters is 1. The molecule has 0 unspecified atom stereocenters. The van der Waals surface area contributed by atoms with Gasteiger partial charge in [0.05, 0.1) is 11.1 Å². The second-order valence-corrected chi connectivity index (χ2v) is 6.34. The fraction of sp³-hybridized carbons (Fsp3) is 0.0909. The summed E-state index contributed by atoms with van der Waals surface area (Å²) < 4.78 is 5.48. The lowest BCUT2D eigenvalue weighted by atomic mass is 9.76. The smallest absolute Gasteiger partial charge is 0.318 e. The normalized spacial score (nSPS) is 13.0. The van der Waals surface area contributed by atoms with E-state index in [0.29, 0.717) is 11.1 Å². The van der Waals surface area contributed by atoms with Gasteiger partial charge < -0.3 is 14.9 Å². The summed E-state index contributed by atoms with van der Waals surface area (Å²) in [5, 5.41) is 20.4. The first-order valence-corrected chi connectivity index (χ1v) is 8.47. The first-order valence-electron chi connectivity index (χ1n) is 8.47. The molecule has 3 aromatic carbocycles. The van der Waals surface area contributed by atoms with Gasteiger partial charge in [-0.05, 0) is 28.8 Å². The van der Waals surface area contributed by atoms with Crippen molar-refractivity contribution in [2.45, 2.75) is 12.5 Å². The second-order valence-electron chi connectivity index (χ2n) is 6.34. The molecule has 5 nitrogen and oxygen atoms in total. The summed E-state index contributed by atoms with van der Waals surface area (Å²) in [5.41, 5.74) is 1.62. The zero-order chi connectivity index (χ0) is 19.0. The van der Waals surface area contributed by atoms with E-state index < -0.39 is 17.7 Å². The Morgan fingerprint density at radius 2 is 1.37 bits per heavy atom. The average Bonchev–Trinajstić information content (AvgIpc) is 2.67. The van der Waals surface area contributed by atoms with Crippen molar-refractivity contribution in [2.24, 2.45) is 0 Å². The maximum Gasteiger partial charge on any atom is 0.318 e. The van der Waals surface area contributed by atoms with Crippen molar-refractivity contribution in [2.75, 3.05) is 0 Å². The number of hydrogen-bond acceptors (Lipinski definition) is 5. The van der Waals surface area contributed by atoms with E-state index in [1.54, 1.807) is 24.3 Å². The molecule has 0 amide bonds. The number of ether oxygens (including phenoxy) is 1. The van der Waals surface area contributed by atoms with Gasteiger partial charge in [0.1, 0.15) is 24.0 Å². The predicted molar refractivity (Wildman–Crippen MR) is 97.7 cm³/mol. The van der Waals surface area contributed by atoms with Gasteiger partial charge in [-0.25, -0.2) is 0 Å². The molecule has 0 atom stereocenters. The van der Waals surface area contributed by atoms with Crippen LogP contribution in [0.3, 0.4) is 0 Å². The Labute approximate surface area is 155 Å². The monoisotopic (exact) mass is 360 g/mol. The Balaban J connectivity index is 1.77. The average molecular weight is 360 g/mol. The summed E-state index contributed by atoms with van der Waals surface area (Å²) in [6.07, 6.45) is 0. The van der Waals surface area contributed by atoms with Crippen molar-refractivity contribution in [3.05, 3.63) is 94.5 Å². The van der Waals surface area contributed by atoms with Gasteiger partial charge in [0.2, 0.25) is 5.78 Å². The number of benzene rings is 3. The Bertz CT molecular complexity index is 984. The van der Waals surface area contributed by atoms with Gasteiger partial charge in [-0.1, -0.05) is 54.6 Å². The topological polar surface area (TPSA) is 83.8 Å². The molecule has 27 heavy (non-hydrogen) atoms. The molecule has 4 rings (SSSR count). The molecule has 0 saturated heterocycles. The molecular weight excluding hydrogens is 344 g/mol. The number of aromatic hydroxyl groups is 2. The van der Waals surface area contributed by atoms with Gasteiger partial charge in [0, 0.05) is 0 Å². The third kappa shape index (κ3) is 2.83. The highest BCUT2D eigenvalue weighted by molar-refractivity contribution is 6.17. The lowest BCUT2D eigenvalue weighted by molar-refractivity contribution is -0.145. The highest BCUT2D eigenvalue weighted by Gasteiger charge is 2.39. The maximum atomic E-state index is 12.9. The lowest BCUT2D eigenvalue weighted by Crippen LogP contribution is -2.26. The van der Waals surface area contributed by atoms with E-state index in [0.717, 1.165) is 5.56 Å². The molecule has 0 aromatic heterocycles. The number of carbonyl (C=O) groups is 2. The third-order valence-electron chi connectivity index (χ3n) is 4.69.